The Labute approximate surface area is 137 Å². The molecular formula is C19H16F2N2O. The fraction of sp³-hybridized carbons (Fsp3) is 0.211. The van der Waals surface area contributed by atoms with Crippen LogP contribution in [0.25, 0.3) is 5.69 Å². The van der Waals surface area contributed by atoms with E-state index in [9.17, 15) is 13.6 Å². The Morgan fingerprint density at radius 1 is 1.00 bits per heavy atom. The van der Waals surface area contributed by atoms with Crippen molar-refractivity contribution >= 4 is 0 Å². The van der Waals surface area contributed by atoms with E-state index in [1.807, 2.05) is 30.3 Å². The Hall–Kier alpha value is -2.69. The van der Waals surface area contributed by atoms with Crippen molar-refractivity contribution in [3.05, 3.63) is 87.8 Å². The smallest absolute Gasteiger partial charge is 0.271 e. The van der Waals surface area contributed by atoms with Crippen LogP contribution in [0.4, 0.5) is 8.78 Å². The Kier molecular flexibility index (Phi) is 3.56. The van der Waals surface area contributed by atoms with Crippen LogP contribution in [-0.4, -0.2) is 9.36 Å². The summed E-state index contributed by atoms with van der Waals surface area (Å²) < 4.78 is 30.9. The van der Waals surface area contributed by atoms with Crippen molar-refractivity contribution in [3.8, 4) is 5.69 Å². The minimum Gasteiger partial charge on any atom is -0.277 e. The fourth-order valence-corrected chi connectivity index (χ4v) is 3.02. The summed E-state index contributed by atoms with van der Waals surface area (Å²) >= 11 is 0. The number of benzene rings is 2. The van der Waals surface area contributed by atoms with Gasteiger partial charge in [0.2, 0.25) is 0 Å². The van der Waals surface area contributed by atoms with Gasteiger partial charge in [0.15, 0.2) is 0 Å². The quantitative estimate of drug-likeness (QED) is 0.715. The molecule has 4 rings (SSSR count). The van der Waals surface area contributed by atoms with Gasteiger partial charge in [-0.3, -0.25) is 9.48 Å². The van der Waals surface area contributed by atoms with Crippen molar-refractivity contribution in [3.63, 3.8) is 0 Å². The van der Waals surface area contributed by atoms with Gasteiger partial charge in [0, 0.05) is 23.7 Å². The van der Waals surface area contributed by atoms with E-state index in [1.165, 1.54) is 4.68 Å². The van der Waals surface area contributed by atoms with Crippen LogP contribution in [0.15, 0.2) is 59.4 Å². The third kappa shape index (κ3) is 2.66. The lowest BCUT2D eigenvalue weighted by molar-refractivity contribution is 0.529. The summed E-state index contributed by atoms with van der Waals surface area (Å²) in [5, 5.41) is 0. The second-order valence-electron chi connectivity index (χ2n) is 6.13. The predicted molar refractivity (Wildman–Crippen MR) is 87.5 cm³/mol. The molecule has 1 saturated carbocycles. The van der Waals surface area contributed by atoms with Crippen LogP contribution in [0, 0.1) is 11.6 Å². The molecule has 0 aliphatic heterocycles. The first-order chi connectivity index (χ1) is 11.6. The minimum absolute atomic E-state index is 0.0529. The highest BCUT2D eigenvalue weighted by Crippen LogP contribution is 2.40. The Morgan fingerprint density at radius 3 is 2.46 bits per heavy atom. The maximum Gasteiger partial charge on any atom is 0.271 e. The first-order valence-corrected chi connectivity index (χ1v) is 7.95. The van der Waals surface area contributed by atoms with Gasteiger partial charge in [-0.25, -0.2) is 13.5 Å². The molecule has 0 spiro atoms. The van der Waals surface area contributed by atoms with Gasteiger partial charge in [0.1, 0.15) is 17.3 Å². The van der Waals surface area contributed by atoms with E-state index in [0.717, 1.165) is 42.3 Å². The van der Waals surface area contributed by atoms with Gasteiger partial charge in [0.05, 0.1) is 6.54 Å². The van der Waals surface area contributed by atoms with Gasteiger partial charge in [-0.05, 0) is 30.5 Å². The van der Waals surface area contributed by atoms with Gasteiger partial charge in [-0.15, -0.1) is 0 Å². The standard InChI is InChI=1S/C19H16F2N2O/c20-15-8-9-16(21)18(10-15)23-19(24)11-17(14-6-7-14)22(23)12-13-4-2-1-3-5-13/h1-5,8-11,14H,6-7,12H2. The molecule has 5 heteroatoms. The van der Waals surface area contributed by atoms with Crippen molar-refractivity contribution in [2.75, 3.05) is 0 Å². The zero-order chi connectivity index (χ0) is 16.7. The maximum atomic E-state index is 14.2. The monoisotopic (exact) mass is 326 g/mol. The Balaban J connectivity index is 1.90. The van der Waals surface area contributed by atoms with Crippen LogP contribution in [0.5, 0.6) is 0 Å². The van der Waals surface area contributed by atoms with Crippen LogP contribution in [0.1, 0.15) is 30.0 Å². The zero-order valence-electron chi connectivity index (χ0n) is 13.0. The summed E-state index contributed by atoms with van der Waals surface area (Å²) in [4.78, 5) is 12.5. The van der Waals surface area contributed by atoms with Crippen molar-refractivity contribution < 1.29 is 8.78 Å². The highest BCUT2D eigenvalue weighted by molar-refractivity contribution is 5.35. The molecule has 0 bridgehead atoms. The molecule has 1 aliphatic carbocycles. The average Bonchev–Trinajstić information content (AvgIpc) is 3.36. The fourth-order valence-electron chi connectivity index (χ4n) is 3.02. The number of halogens is 2. The van der Waals surface area contributed by atoms with E-state index in [2.05, 4.69) is 0 Å². The third-order valence-electron chi connectivity index (χ3n) is 4.33. The number of aromatic nitrogens is 2. The summed E-state index contributed by atoms with van der Waals surface area (Å²) in [7, 11) is 0. The molecule has 0 amide bonds. The molecule has 0 radical (unpaired) electrons. The predicted octanol–water partition coefficient (Wildman–Crippen LogP) is 3.84. The lowest BCUT2D eigenvalue weighted by Gasteiger charge is -2.16. The Morgan fingerprint density at radius 2 is 1.75 bits per heavy atom. The van der Waals surface area contributed by atoms with Crippen LogP contribution in [0.3, 0.4) is 0 Å². The topological polar surface area (TPSA) is 26.9 Å². The minimum atomic E-state index is -0.617. The van der Waals surface area contributed by atoms with E-state index in [4.69, 9.17) is 0 Å². The van der Waals surface area contributed by atoms with E-state index >= 15 is 0 Å². The van der Waals surface area contributed by atoms with Gasteiger partial charge in [0.25, 0.3) is 5.56 Å². The summed E-state index contributed by atoms with van der Waals surface area (Å²) in [5.74, 6) is -0.869. The molecule has 0 N–H and O–H groups in total. The van der Waals surface area contributed by atoms with Crippen LogP contribution in [0.2, 0.25) is 0 Å². The van der Waals surface area contributed by atoms with Gasteiger partial charge in [-0.1, -0.05) is 30.3 Å². The summed E-state index contributed by atoms with van der Waals surface area (Å²) in [6.07, 6.45) is 2.04. The van der Waals surface area contributed by atoms with Gasteiger partial charge in [-0.2, -0.15) is 0 Å². The molecule has 1 fully saturated rings. The molecule has 122 valence electrons. The number of hydrogen-bond acceptors (Lipinski definition) is 1. The highest BCUT2D eigenvalue weighted by Gasteiger charge is 2.30. The lowest BCUT2D eigenvalue weighted by atomic mass is 10.2. The van der Waals surface area contributed by atoms with Crippen LogP contribution >= 0.6 is 0 Å². The second kappa shape index (κ2) is 5.74. The first kappa shape index (κ1) is 14.9. The molecule has 3 nitrogen and oxygen atoms in total. The molecule has 3 aromatic rings. The highest BCUT2D eigenvalue weighted by atomic mass is 19.1. The molecule has 1 aromatic heterocycles. The van der Waals surface area contributed by atoms with Crippen molar-refractivity contribution in [2.45, 2.75) is 25.3 Å². The lowest BCUT2D eigenvalue weighted by Crippen LogP contribution is -2.23. The average molecular weight is 326 g/mol. The number of rotatable bonds is 4. The van der Waals surface area contributed by atoms with E-state index in [-0.39, 0.29) is 11.2 Å². The van der Waals surface area contributed by atoms with Crippen molar-refractivity contribution in [2.24, 2.45) is 0 Å². The zero-order valence-corrected chi connectivity index (χ0v) is 13.0. The normalized spacial score (nSPS) is 14.1. The molecular weight excluding hydrogens is 310 g/mol. The summed E-state index contributed by atoms with van der Waals surface area (Å²) in [5.41, 5.74) is 1.49. The molecule has 1 heterocycles. The Bertz CT molecular complexity index is 940. The van der Waals surface area contributed by atoms with Crippen molar-refractivity contribution in [1.82, 2.24) is 9.36 Å². The molecule has 0 unspecified atom stereocenters. The first-order valence-electron chi connectivity index (χ1n) is 7.95. The molecule has 24 heavy (non-hydrogen) atoms. The SMILES string of the molecule is O=c1cc(C2CC2)n(Cc2ccccc2)n1-c1cc(F)ccc1F. The van der Waals surface area contributed by atoms with Crippen LogP contribution in [-0.2, 0) is 6.54 Å². The van der Waals surface area contributed by atoms with Crippen LogP contribution < -0.4 is 5.56 Å². The molecule has 1 aliphatic rings. The van der Waals surface area contributed by atoms with E-state index in [0.29, 0.717) is 12.5 Å². The van der Waals surface area contributed by atoms with Gasteiger partial charge < -0.3 is 0 Å². The number of nitrogens with zero attached hydrogens (tertiary/aromatic N) is 2. The third-order valence-corrected chi connectivity index (χ3v) is 4.33. The van der Waals surface area contributed by atoms with Gasteiger partial charge >= 0.3 is 0 Å². The van der Waals surface area contributed by atoms with Crippen molar-refractivity contribution in [1.29, 1.82) is 0 Å². The summed E-state index contributed by atoms with van der Waals surface area (Å²) in [6.45, 7) is 0.435. The molecule has 0 saturated heterocycles. The second-order valence-corrected chi connectivity index (χ2v) is 6.13. The summed E-state index contributed by atoms with van der Waals surface area (Å²) in [6, 6.07) is 14.4. The van der Waals surface area contributed by atoms with E-state index in [1.54, 1.807) is 10.7 Å². The molecule has 2 aromatic carbocycles. The largest absolute Gasteiger partial charge is 0.277 e. The number of hydrogen-bond donors (Lipinski definition) is 0. The maximum absolute atomic E-state index is 14.2. The molecule has 0 atom stereocenters. The van der Waals surface area contributed by atoms with E-state index < -0.39 is 11.6 Å².